The summed E-state index contributed by atoms with van der Waals surface area (Å²) in [6, 6.07) is 0. The Bertz CT molecular complexity index is 413. The molecule has 1 rings (SSSR count). The summed E-state index contributed by atoms with van der Waals surface area (Å²) in [5.74, 6) is 0.0331. The van der Waals surface area contributed by atoms with Crippen molar-refractivity contribution in [1.29, 1.82) is 0 Å². The van der Waals surface area contributed by atoms with Crippen LogP contribution in [0.25, 0.3) is 0 Å². The normalized spacial score (nSPS) is 10.5. The summed E-state index contributed by atoms with van der Waals surface area (Å²) in [4.78, 5) is 23.5. The van der Waals surface area contributed by atoms with Crippen LogP contribution in [0.5, 0.6) is 0 Å². The quantitative estimate of drug-likeness (QED) is 0.301. The number of hydrogen-bond donors (Lipinski definition) is 4. The van der Waals surface area contributed by atoms with E-state index in [9.17, 15) is 0 Å². The third-order valence-corrected chi connectivity index (χ3v) is 2.13. The molecule has 11 heteroatoms. The summed E-state index contributed by atoms with van der Waals surface area (Å²) in [5, 5.41) is 30.7. The molecule has 0 saturated carbocycles. The van der Waals surface area contributed by atoms with E-state index in [-0.39, 0.29) is 17.8 Å². The molecule has 11 nitrogen and oxygen atoms in total. The van der Waals surface area contributed by atoms with Crippen LogP contribution >= 0.6 is 0 Å². The van der Waals surface area contributed by atoms with E-state index >= 15 is 0 Å². The maximum absolute atomic E-state index is 9.16. The molecule has 0 fully saturated rings. The van der Waals surface area contributed by atoms with Gasteiger partial charge in [0, 0.05) is 0 Å². The van der Waals surface area contributed by atoms with Crippen LogP contribution in [0, 0.1) is 0 Å². The zero-order valence-corrected chi connectivity index (χ0v) is 11.9. The summed E-state index contributed by atoms with van der Waals surface area (Å²) in [7, 11) is 0. The summed E-state index contributed by atoms with van der Waals surface area (Å²) in [5.41, 5.74) is 0. The van der Waals surface area contributed by atoms with Gasteiger partial charge in [-0.1, -0.05) is 5.23 Å². The lowest BCUT2D eigenvalue weighted by Gasteiger charge is -2.22. The number of aromatic nitrogens is 3. The minimum atomic E-state index is -0.498. The number of anilines is 3. The second kappa shape index (κ2) is 9.20. The molecule has 0 atom stereocenters. The fourth-order valence-electron chi connectivity index (χ4n) is 1.29. The van der Waals surface area contributed by atoms with Gasteiger partial charge in [0.2, 0.25) is 11.9 Å². The average molecular weight is 304 g/mol. The molecule has 0 aromatic carbocycles. The zero-order chi connectivity index (χ0) is 15.7. The van der Waals surface area contributed by atoms with Crippen LogP contribution in [-0.2, 0) is 9.68 Å². The van der Waals surface area contributed by atoms with Crippen molar-refractivity contribution in [2.45, 2.75) is 13.8 Å². The highest BCUT2D eigenvalue weighted by Gasteiger charge is 2.17. The van der Waals surface area contributed by atoms with Crippen molar-refractivity contribution in [3.05, 3.63) is 0 Å². The molecular formula is C10H20N6O5. The molecule has 120 valence electrons. The smallest absolute Gasteiger partial charge is 0.284 e. The van der Waals surface area contributed by atoms with Crippen LogP contribution in [0.2, 0.25) is 0 Å². The third-order valence-electron chi connectivity index (χ3n) is 2.13. The molecule has 1 aromatic rings. The van der Waals surface area contributed by atoms with Crippen LogP contribution in [-0.4, -0.2) is 63.7 Å². The number of hydrogen-bond acceptors (Lipinski definition) is 11. The molecule has 0 aliphatic heterocycles. The van der Waals surface area contributed by atoms with Crippen molar-refractivity contribution in [3.63, 3.8) is 0 Å². The van der Waals surface area contributed by atoms with Crippen LogP contribution in [0.4, 0.5) is 17.8 Å². The number of nitrogens with one attached hydrogen (secondary N) is 1. The fraction of sp³-hybridized carbons (Fsp3) is 0.700. The van der Waals surface area contributed by atoms with Gasteiger partial charge in [-0.05, 0) is 13.8 Å². The van der Waals surface area contributed by atoms with E-state index in [4.69, 9.17) is 25.0 Å². The summed E-state index contributed by atoms with van der Waals surface area (Å²) in [6.07, 6.45) is 0. The number of aliphatic hydroxyl groups excluding tert-OH is 3. The molecule has 0 aliphatic rings. The summed E-state index contributed by atoms with van der Waals surface area (Å²) < 4.78 is 0. The lowest BCUT2D eigenvalue weighted by atomic mass is 10.7. The van der Waals surface area contributed by atoms with Gasteiger partial charge in [-0.3, -0.25) is 4.90 Å². The van der Waals surface area contributed by atoms with Gasteiger partial charge in [-0.15, -0.1) is 0 Å². The molecule has 4 N–H and O–H groups in total. The maximum atomic E-state index is 9.16. The second-order valence-corrected chi connectivity index (χ2v) is 3.51. The first-order valence-corrected chi connectivity index (χ1v) is 6.33. The third kappa shape index (κ3) is 4.91. The van der Waals surface area contributed by atoms with Crippen molar-refractivity contribution in [1.82, 2.24) is 15.0 Å². The Morgan fingerprint density at radius 1 is 0.952 bits per heavy atom. The van der Waals surface area contributed by atoms with Crippen molar-refractivity contribution in [2.75, 3.05) is 48.8 Å². The minimum Gasteiger partial charge on any atom is -0.376 e. The summed E-state index contributed by atoms with van der Waals surface area (Å²) in [6.45, 7) is 2.75. The van der Waals surface area contributed by atoms with Gasteiger partial charge >= 0.3 is 0 Å². The topological polar surface area (TPSA) is 136 Å². The molecule has 0 spiro atoms. The Labute approximate surface area is 121 Å². The SMILES string of the molecule is CCON(OCC)c1nc(NCO)nc(N(CO)CO)n1. The van der Waals surface area contributed by atoms with E-state index in [0.717, 1.165) is 10.1 Å². The van der Waals surface area contributed by atoms with Gasteiger partial charge in [-0.2, -0.15) is 15.0 Å². The molecule has 0 saturated heterocycles. The number of nitrogens with zero attached hydrogens (tertiary/aromatic N) is 5. The van der Waals surface area contributed by atoms with E-state index in [1.807, 2.05) is 0 Å². The fourth-order valence-corrected chi connectivity index (χ4v) is 1.29. The largest absolute Gasteiger partial charge is 0.376 e. The van der Waals surface area contributed by atoms with Crippen LogP contribution < -0.4 is 15.4 Å². The average Bonchev–Trinajstić information content (AvgIpc) is 2.48. The lowest BCUT2D eigenvalue weighted by molar-refractivity contribution is -0.0851. The Morgan fingerprint density at radius 2 is 1.52 bits per heavy atom. The van der Waals surface area contributed by atoms with Gasteiger partial charge in [0.25, 0.3) is 5.95 Å². The summed E-state index contributed by atoms with van der Waals surface area (Å²) >= 11 is 0. The number of aliphatic hydroxyl groups is 3. The highest BCUT2D eigenvalue weighted by Crippen LogP contribution is 2.16. The van der Waals surface area contributed by atoms with E-state index in [1.165, 1.54) is 0 Å². The molecule has 0 unspecified atom stereocenters. The Hall–Kier alpha value is -1.79. The van der Waals surface area contributed by atoms with Gasteiger partial charge in [-0.25, -0.2) is 9.68 Å². The first-order valence-electron chi connectivity index (χ1n) is 6.33. The van der Waals surface area contributed by atoms with Gasteiger partial charge < -0.3 is 20.6 Å². The van der Waals surface area contributed by atoms with Crippen molar-refractivity contribution in [2.24, 2.45) is 0 Å². The van der Waals surface area contributed by atoms with E-state index < -0.39 is 20.2 Å². The lowest BCUT2D eigenvalue weighted by Crippen LogP contribution is -2.31. The Balaban J connectivity index is 3.15. The monoisotopic (exact) mass is 304 g/mol. The standard InChI is InChI=1S/C10H20N6O5/c1-3-20-16(21-4-2)10-13-8(11-5-17)12-9(14-10)15(6-18)7-19/h17-19H,3-7H2,1-2H3,(H,11,12,13,14). The number of rotatable bonds is 10. The van der Waals surface area contributed by atoms with Crippen LogP contribution in [0.3, 0.4) is 0 Å². The van der Waals surface area contributed by atoms with Crippen molar-refractivity contribution >= 4 is 17.8 Å². The Morgan fingerprint density at radius 3 is 2.00 bits per heavy atom. The molecule has 0 amide bonds. The van der Waals surface area contributed by atoms with Gasteiger partial charge in [0.15, 0.2) is 0 Å². The Kier molecular flexibility index (Phi) is 7.56. The molecule has 0 bridgehead atoms. The second-order valence-electron chi connectivity index (χ2n) is 3.51. The van der Waals surface area contributed by atoms with Crippen molar-refractivity contribution < 1.29 is 25.0 Å². The van der Waals surface area contributed by atoms with Crippen LogP contribution in [0.1, 0.15) is 13.8 Å². The maximum Gasteiger partial charge on any atom is 0.284 e. The first kappa shape index (κ1) is 17.3. The van der Waals surface area contributed by atoms with Crippen LogP contribution in [0.15, 0.2) is 0 Å². The highest BCUT2D eigenvalue weighted by atomic mass is 16.9. The zero-order valence-electron chi connectivity index (χ0n) is 11.9. The molecule has 21 heavy (non-hydrogen) atoms. The minimum absolute atomic E-state index is 0.00606. The highest BCUT2D eigenvalue weighted by molar-refractivity contribution is 5.42. The molecule has 1 heterocycles. The predicted molar refractivity (Wildman–Crippen MR) is 72.9 cm³/mol. The van der Waals surface area contributed by atoms with Gasteiger partial charge in [0.05, 0.1) is 13.2 Å². The van der Waals surface area contributed by atoms with Gasteiger partial charge in [0.1, 0.15) is 20.2 Å². The predicted octanol–water partition coefficient (Wildman–Crippen LogP) is -1.35. The molecular weight excluding hydrogens is 284 g/mol. The molecule has 0 aliphatic carbocycles. The van der Waals surface area contributed by atoms with E-state index in [0.29, 0.717) is 13.2 Å². The van der Waals surface area contributed by atoms with E-state index in [1.54, 1.807) is 13.8 Å². The first-order chi connectivity index (χ1) is 10.2. The molecule has 1 aromatic heterocycles. The van der Waals surface area contributed by atoms with E-state index in [2.05, 4.69) is 20.3 Å². The van der Waals surface area contributed by atoms with Crippen molar-refractivity contribution in [3.8, 4) is 0 Å². The molecule has 0 radical (unpaired) electrons.